The van der Waals surface area contributed by atoms with Gasteiger partial charge in [0.1, 0.15) is 5.82 Å². The van der Waals surface area contributed by atoms with Gasteiger partial charge in [-0.1, -0.05) is 23.7 Å². The van der Waals surface area contributed by atoms with Gasteiger partial charge in [0, 0.05) is 24.1 Å². The topological polar surface area (TPSA) is 42.9 Å². The molecule has 1 aromatic heterocycles. The number of nitrogens with zero attached hydrogens (tertiary/aromatic N) is 2. The second-order valence-corrected chi connectivity index (χ2v) is 5.17. The highest BCUT2D eigenvalue weighted by atomic mass is 35.5. The van der Waals surface area contributed by atoms with Crippen molar-refractivity contribution in [3.8, 4) is 0 Å². The summed E-state index contributed by atoms with van der Waals surface area (Å²) in [6.45, 7) is 0. The molecule has 0 atom stereocenters. The van der Waals surface area contributed by atoms with Gasteiger partial charge in [-0.05, 0) is 30.5 Å². The lowest BCUT2D eigenvalue weighted by Crippen LogP contribution is -2.14. The molecule has 1 aliphatic rings. The number of hydrogen-bond donors (Lipinski definition) is 0. The van der Waals surface area contributed by atoms with Gasteiger partial charge in [-0.2, -0.15) is 0 Å². The molecule has 0 amide bonds. The Hall–Kier alpha value is -1.74. The van der Waals surface area contributed by atoms with E-state index in [1.807, 2.05) is 24.3 Å². The number of halogens is 1. The molecule has 0 bridgehead atoms. The molecule has 3 rings (SSSR count). The van der Waals surface area contributed by atoms with Gasteiger partial charge >= 0.3 is 0 Å². The number of carbonyl (C=O) groups is 1. The Bertz CT molecular complexity index is 640. The van der Waals surface area contributed by atoms with Gasteiger partial charge in [-0.3, -0.25) is 4.79 Å². The lowest BCUT2D eigenvalue weighted by atomic mass is 9.96. The van der Waals surface area contributed by atoms with Gasteiger partial charge in [0.2, 0.25) is 0 Å². The first-order chi connectivity index (χ1) is 9.22. The zero-order chi connectivity index (χ0) is 13.2. The molecule has 0 radical (unpaired) electrons. The molecule has 0 fully saturated rings. The summed E-state index contributed by atoms with van der Waals surface area (Å²) in [5.41, 5.74) is 2.67. The van der Waals surface area contributed by atoms with E-state index in [0.717, 1.165) is 29.9 Å². The van der Waals surface area contributed by atoms with Gasteiger partial charge in [-0.25, -0.2) is 9.97 Å². The van der Waals surface area contributed by atoms with Crippen molar-refractivity contribution in [2.24, 2.45) is 0 Å². The quantitative estimate of drug-likeness (QED) is 0.843. The minimum atomic E-state index is 0.163. The molecule has 0 saturated heterocycles. The third kappa shape index (κ3) is 2.66. The van der Waals surface area contributed by atoms with Crippen molar-refractivity contribution in [3.05, 3.63) is 58.1 Å². The molecule has 0 N–H and O–H groups in total. The summed E-state index contributed by atoms with van der Waals surface area (Å²) in [6.07, 6.45) is 4.68. The van der Waals surface area contributed by atoms with Crippen molar-refractivity contribution in [1.29, 1.82) is 0 Å². The van der Waals surface area contributed by atoms with Crippen molar-refractivity contribution in [2.75, 3.05) is 0 Å². The second-order valence-electron chi connectivity index (χ2n) is 4.73. The Morgan fingerprint density at radius 1 is 1.26 bits per heavy atom. The van der Waals surface area contributed by atoms with Crippen LogP contribution in [0.1, 0.15) is 40.3 Å². The zero-order valence-corrected chi connectivity index (χ0v) is 11.2. The first kappa shape index (κ1) is 12.3. The van der Waals surface area contributed by atoms with Crippen molar-refractivity contribution >= 4 is 17.4 Å². The maximum absolute atomic E-state index is 11.7. The molecule has 96 valence electrons. The van der Waals surface area contributed by atoms with Crippen LogP contribution in [0.15, 0.2) is 30.5 Å². The van der Waals surface area contributed by atoms with E-state index in [1.54, 1.807) is 6.20 Å². The molecule has 2 aromatic rings. The van der Waals surface area contributed by atoms with E-state index >= 15 is 0 Å². The van der Waals surface area contributed by atoms with E-state index in [1.165, 1.54) is 0 Å². The van der Waals surface area contributed by atoms with Crippen LogP contribution in [0.2, 0.25) is 5.02 Å². The van der Waals surface area contributed by atoms with Gasteiger partial charge in [-0.15, -0.1) is 0 Å². The number of hydrogen-bond acceptors (Lipinski definition) is 3. The van der Waals surface area contributed by atoms with E-state index < -0.39 is 0 Å². The molecular formula is C15H13ClN2O. The first-order valence-electron chi connectivity index (χ1n) is 6.35. The van der Waals surface area contributed by atoms with Crippen LogP contribution in [0, 0.1) is 0 Å². The Labute approximate surface area is 116 Å². The van der Waals surface area contributed by atoms with E-state index in [2.05, 4.69) is 9.97 Å². The molecule has 0 unspecified atom stereocenters. The molecule has 1 aliphatic carbocycles. The number of fused-ring (bicyclic) bond motifs is 1. The highest BCUT2D eigenvalue weighted by molar-refractivity contribution is 6.30. The van der Waals surface area contributed by atoms with Gasteiger partial charge in [0.25, 0.3) is 0 Å². The van der Waals surface area contributed by atoms with Gasteiger partial charge in [0.05, 0.1) is 11.3 Å². The molecule has 0 spiro atoms. The normalized spacial score (nSPS) is 14.3. The molecule has 1 heterocycles. The van der Waals surface area contributed by atoms with E-state index in [0.29, 0.717) is 23.4 Å². The molecule has 1 aromatic carbocycles. The highest BCUT2D eigenvalue weighted by Crippen LogP contribution is 2.19. The van der Waals surface area contributed by atoms with Crippen LogP contribution in [-0.2, 0) is 12.8 Å². The molecule has 19 heavy (non-hydrogen) atoms. The maximum atomic E-state index is 11.7. The van der Waals surface area contributed by atoms with Crippen LogP contribution < -0.4 is 0 Å². The summed E-state index contributed by atoms with van der Waals surface area (Å²) in [4.78, 5) is 20.5. The van der Waals surface area contributed by atoms with Crippen molar-refractivity contribution in [2.45, 2.75) is 25.7 Å². The van der Waals surface area contributed by atoms with Crippen molar-refractivity contribution in [3.63, 3.8) is 0 Å². The zero-order valence-electron chi connectivity index (χ0n) is 10.4. The smallest absolute Gasteiger partial charge is 0.166 e. The van der Waals surface area contributed by atoms with E-state index in [-0.39, 0.29) is 5.78 Å². The van der Waals surface area contributed by atoms with Gasteiger partial charge in [0.15, 0.2) is 5.78 Å². The summed E-state index contributed by atoms with van der Waals surface area (Å²) in [7, 11) is 0. The Morgan fingerprint density at radius 2 is 2.16 bits per heavy atom. The summed E-state index contributed by atoms with van der Waals surface area (Å²) in [5, 5.41) is 0.714. The lowest BCUT2D eigenvalue weighted by molar-refractivity contribution is 0.0971. The first-order valence-corrected chi connectivity index (χ1v) is 6.72. The average Bonchev–Trinajstić information content (AvgIpc) is 2.39. The Kier molecular flexibility index (Phi) is 3.30. The van der Waals surface area contributed by atoms with Crippen LogP contribution in [0.3, 0.4) is 0 Å². The van der Waals surface area contributed by atoms with Crippen LogP contribution >= 0.6 is 11.6 Å². The Balaban J connectivity index is 1.88. The van der Waals surface area contributed by atoms with Crippen LogP contribution in [-0.4, -0.2) is 15.8 Å². The number of aromatic nitrogens is 2. The Morgan fingerprint density at radius 3 is 3.00 bits per heavy atom. The van der Waals surface area contributed by atoms with Crippen LogP contribution in [0.4, 0.5) is 0 Å². The van der Waals surface area contributed by atoms with Gasteiger partial charge < -0.3 is 0 Å². The minimum Gasteiger partial charge on any atom is -0.294 e. The summed E-state index contributed by atoms with van der Waals surface area (Å²) < 4.78 is 0. The fourth-order valence-corrected chi connectivity index (χ4v) is 2.56. The predicted molar refractivity (Wildman–Crippen MR) is 73.6 cm³/mol. The SMILES string of the molecule is O=C1CCCc2nc(Cc3cccc(Cl)c3)ncc21. The maximum Gasteiger partial charge on any atom is 0.166 e. The third-order valence-corrected chi connectivity index (χ3v) is 3.52. The number of carbonyl (C=O) groups excluding carboxylic acids is 1. The van der Waals surface area contributed by atoms with E-state index in [9.17, 15) is 4.79 Å². The van der Waals surface area contributed by atoms with Crippen molar-refractivity contribution < 1.29 is 4.79 Å². The largest absolute Gasteiger partial charge is 0.294 e. The summed E-state index contributed by atoms with van der Waals surface area (Å²) >= 11 is 5.96. The number of rotatable bonds is 2. The average molecular weight is 273 g/mol. The second kappa shape index (κ2) is 5.10. The van der Waals surface area contributed by atoms with Crippen LogP contribution in [0.25, 0.3) is 0 Å². The number of benzene rings is 1. The third-order valence-electron chi connectivity index (χ3n) is 3.29. The monoisotopic (exact) mass is 272 g/mol. The molecule has 3 nitrogen and oxygen atoms in total. The highest BCUT2D eigenvalue weighted by Gasteiger charge is 2.19. The number of aryl methyl sites for hydroxylation is 1. The lowest BCUT2D eigenvalue weighted by Gasteiger charge is -2.13. The van der Waals surface area contributed by atoms with E-state index in [4.69, 9.17) is 11.6 Å². The van der Waals surface area contributed by atoms with Crippen molar-refractivity contribution in [1.82, 2.24) is 9.97 Å². The predicted octanol–water partition coefficient (Wildman–Crippen LogP) is 3.24. The summed E-state index contributed by atoms with van der Waals surface area (Å²) in [5.74, 6) is 0.909. The standard InChI is InChI=1S/C15H13ClN2O/c16-11-4-1-3-10(7-11)8-15-17-9-12-13(18-15)5-2-6-14(12)19/h1,3-4,7,9H,2,5-6,8H2. The number of ketones is 1. The van der Waals surface area contributed by atoms with Crippen LogP contribution in [0.5, 0.6) is 0 Å². The molecular weight excluding hydrogens is 260 g/mol. The molecule has 0 saturated carbocycles. The fraction of sp³-hybridized carbons (Fsp3) is 0.267. The fourth-order valence-electron chi connectivity index (χ4n) is 2.35. The summed E-state index contributed by atoms with van der Waals surface area (Å²) in [6, 6.07) is 7.67. The molecule has 0 aliphatic heterocycles. The number of Topliss-reactive ketones (excluding diaryl/α,β-unsaturated/α-hetero) is 1. The molecule has 4 heteroatoms. The minimum absolute atomic E-state index is 0.163.